The van der Waals surface area contributed by atoms with Crippen molar-refractivity contribution in [1.82, 2.24) is 53.9 Å². The highest BCUT2D eigenvalue weighted by molar-refractivity contribution is 7.90. The molecule has 11 rings (SSSR count). The average molecular weight is 1470 g/mol. The zero-order chi connectivity index (χ0) is 76.3. The van der Waals surface area contributed by atoms with Crippen molar-refractivity contribution < 1.29 is 49.5 Å². The number of carboxylic acid groups (broad SMARTS) is 1. The zero-order valence-corrected chi connectivity index (χ0v) is 62.8. The molecule has 0 aliphatic heterocycles. The molecule has 6 N–H and O–H groups in total. The minimum absolute atomic E-state index is 0.00830. The second kappa shape index (κ2) is 37.2. The van der Waals surface area contributed by atoms with Gasteiger partial charge in [0.1, 0.15) is 17.5 Å². The van der Waals surface area contributed by atoms with Crippen LogP contribution >= 0.6 is 0 Å². The van der Waals surface area contributed by atoms with Crippen LogP contribution in [0.2, 0.25) is 0 Å². The first-order chi connectivity index (χ1) is 49.9. The molecule has 0 saturated heterocycles. The SMILES string of the molecule is C[C@@H](CC(=O)NC[C@H](Cc1ccc2[nH]ncc2c1)N(C)C)c1ccc(F)cc1.C[C@@H](CC(=O)O)c1ccc(F)cc1.Cc1ccc(S(=O)(=O)n2ncc3cc(C[C@@H](CN)N(C)C)ccc32)cc1.Cc1ccc(S(=O)(=O)n2ncc3cc(C[C@@H](CNC(=O)C[C@H](C)c4ccc(F)cc4)N(C)C)ccc32)cc1. The topological polar surface area (TPSA) is 264 Å². The van der Waals surface area contributed by atoms with Crippen LogP contribution in [-0.4, -0.2) is 163 Å². The summed E-state index contributed by atoms with van der Waals surface area (Å²) in [5, 5.41) is 32.6. The number of aromatic nitrogens is 6. The molecule has 20 nitrogen and oxygen atoms in total. The number of likely N-dealkylation sites (N-methyl/N-ethyl adjacent to an activating group) is 3. The number of rotatable bonds is 27. The van der Waals surface area contributed by atoms with E-state index in [0.717, 1.165) is 81.6 Å². The quantitative estimate of drug-likeness (QED) is 0.0320. The number of amides is 2. The first-order valence-electron chi connectivity index (χ1n) is 34.6. The number of halogens is 3. The molecule has 0 radical (unpaired) electrons. The molecule has 0 saturated carbocycles. The Balaban J connectivity index is 0.000000186. The van der Waals surface area contributed by atoms with Gasteiger partial charge in [0.05, 0.1) is 51.4 Å². The van der Waals surface area contributed by atoms with E-state index >= 15 is 0 Å². The molecule has 2 amide bonds. The van der Waals surface area contributed by atoms with Crippen molar-refractivity contribution in [3.63, 3.8) is 0 Å². The van der Waals surface area contributed by atoms with Crippen LogP contribution in [0.25, 0.3) is 32.7 Å². The van der Waals surface area contributed by atoms with Crippen LogP contribution in [-0.2, 0) is 53.7 Å². The number of nitrogens with zero attached hydrogens (tertiary/aromatic N) is 8. The summed E-state index contributed by atoms with van der Waals surface area (Å²) in [6, 6.07) is 50.0. The number of benzene rings is 8. The van der Waals surface area contributed by atoms with Crippen molar-refractivity contribution in [3.8, 4) is 0 Å². The summed E-state index contributed by atoms with van der Waals surface area (Å²) in [7, 11) is 4.45. The number of carboxylic acids is 1. The lowest BCUT2D eigenvalue weighted by molar-refractivity contribution is -0.137. The molecule has 105 heavy (non-hydrogen) atoms. The van der Waals surface area contributed by atoms with Gasteiger partial charge in [-0.05, 0) is 224 Å². The fourth-order valence-electron chi connectivity index (χ4n) is 11.8. The van der Waals surface area contributed by atoms with Gasteiger partial charge in [-0.1, -0.05) is 111 Å². The summed E-state index contributed by atoms with van der Waals surface area (Å²) in [6.07, 6.45) is 8.04. The summed E-state index contributed by atoms with van der Waals surface area (Å²) < 4.78 is 93.0. The van der Waals surface area contributed by atoms with Gasteiger partial charge in [0.15, 0.2) is 0 Å². The van der Waals surface area contributed by atoms with Crippen LogP contribution < -0.4 is 16.4 Å². The van der Waals surface area contributed by atoms with E-state index < -0.39 is 26.0 Å². The number of nitrogens with one attached hydrogen (secondary N) is 3. The molecule has 0 aliphatic carbocycles. The molecule has 3 heterocycles. The van der Waals surface area contributed by atoms with E-state index in [0.29, 0.717) is 49.9 Å². The van der Waals surface area contributed by atoms with Gasteiger partial charge in [-0.2, -0.15) is 40.3 Å². The fraction of sp³-hybridized carbons (Fsp3) is 0.325. The van der Waals surface area contributed by atoms with Crippen LogP contribution in [0.3, 0.4) is 0 Å². The Kier molecular flexibility index (Phi) is 28.6. The van der Waals surface area contributed by atoms with Crippen molar-refractivity contribution in [2.24, 2.45) is 5.73 Å². The number of H-pyrrole nitrogens is 1. The normalized spacial score (nSPS) is 13.4. The van der Waals surface area contributed by atoms with Crippen LogP contribution in [0.5, 0.6) is 0 Å². The van der Waals surface area contributed by atoms with E-state index in [9.17, 15) is 44.4 Å². The maximum atomic E-state index is 13.2. The molecule has 0 aliphatic rings. The first-order valence-corrected chi connectivity index (χ1v) is 37.5. The Hall–Kier alpha value is -9.89. The smallest absolute Gasteiger partial charge is 0.303 e. The molecule has 0 unspecified atom stereocenters. The average Bonchev–Trinajstić information content (AvgIpc) is 1.66. The number of aryl methyl sites for hydroxylation is 2. The van der Waals surface area contributed by atoms with Gasteiger partial charge in [-0.25, -0.2) is 13.2 Å². The molecular weight excluding hydrogens is 1380 g/mol. The number of aromatic amines is 1. The summed E-state index contributed by atoms with van der Waals surface area (Å²) in [4.78, 5) is 42.1. The summed E-state index contributed by atoms with van der Waals surface area (Å²) in [5.74, 6) is -1.80. The highest BCUT2D eigenvalue weighted by atomic mass is 32.2. The molecule has 25 heteroatoms. The predicted molar refractivity (Wildman–Crippen MR) is 408 cm³/mol. The van der Waals surface area contributed by atoms with Gasteiger partial charge in [-0.3, -0.25) is 19.5 Å². The standard InChI is InChI=1S/C29H33FN4O3S.C22H27FN4O.C19H24N4O2S.C10H11FO2/c1-20-5-12-27(13-6-20)38(36,37)34-28-14-7-22(16-24(28)18-32-34)17-26(33(3)4)19-31-29(35)15-21(2)23-8-10-25(30)11-9-23;1-15(17-5-7-19(23)8-6-17)10-22(28)24-14-20(27(2)3)12-16-4-9-21-18(11-16)13-25-26-21;1-14-4-7-18(8-5-14)26(24,25)23-19-9-6-15(10-16(19)13-21-23)11-17(12-20)22(2)3;1-7(6-10(12)13)8-2-4-9(11)5-3-8/h5-14,16,18,21,26H,15,17,19H2,1-4H3,(H,31,35);4-9,11,13,15,20H,10,12,14H2,1-3H3,(H,24,28)(H,25,26);4-10,13,17H,11-12,20H2,1-3H3;2-5,7H,6H2,1H3,(H,12,13)/t21-,26-;15-,20-;17-;7-/m0000/s1. The monoisotopic (exact) mass is 1470 g/mol. The van der Waals surface area contributed by atoms with Gasteiger partial charge < -0.3 is 36.2 Å². The number of nitrogens with two attached hydrogens (primary N) is 1. The lowest BCUT2D eigenvalue weighted by Crippen LogP contribution is -2.41. The Bertz CT molecular complexity index is 4900. The lowest BCUT2D eigenvalue weighted by Gasteiger charge is -2.25. The Labute approximate surface area is 613 Å². The van der Waals surface area contributed by atoms with Crippen molar-refractivity contribution in [1.29, 1.82) is 0 Å². The third-order valence-electron chi connectivity index (χ3n) is 18.5. The fourth-order valence-corrected chi connectivity index (χ4v) is 14.4. The number of hydrogen-bond donors (Lipinski definition) is 5. The van der Waals surface area contributed by atoms with E-state index in [1.165, 1.54) is 42.0 Å². The van der Waals surface area contributed by atoms with Crippen LogP contribution in [0.4, 0.5) is 13.2 Å². The summed E-state index contributed by atoms with van der Waals surface area (Å²) in [6.45, 7) is 11.2. The predicted octanol–water partition coefficient (Wildman–Crippen LogP) is 12.4. The highest BCUT2D eigenvalue weighted by Crippen LogP contribution is 2.27. The molecule has 556 valence electrons. The second-order valence-corrected chi connectivity index (χ2v) is 30.9. The zero-order valence-electron chi connectivity index (χ0n) is 61.2. The minimum Gasteiger partial charge on any atom is -0.481 e. The van der Waals surface area contributed by atoms with Gasteiger partial charge in [0, 0.05) is 66.8 Å². The first kappa shape index (κ1) is 80.8. The Morgan fingerprint density at radius 2 is 0.819 bits per heavy atom. The Morgan fingerprint density at radius 3 is 1.17 bits per heavy atom. The third kappa shape index (κ3) is 22.8. The van der Waals surface area contributed by atoms with Crippen LogP contribution in [0, 0.1) is 31.3 Å². The third-order valence-corrected chi connectivity index (χ3v) is 21.8. The number of carbonyl (C=O) groups excluding carboxylic acids is 2. The maximum absolute atomic E-state index is 13.2. The van der Waals surface area contributed by atoms with Crippen LogP contribution in [0.15, 0.2) is 204 Å². The van der Waals surface area contributed by atoms with Gasteiger partial charge in [0.2, 0.25) is 11.8 Å². The molecule has 11 aromatic rings. The van der Waals surface area contributed by atoms with Crippen molar-refractivity contribution in [2.75, 3.05) is 61.9 Å². The van der Waals surface area contributed by atoms with E-state index in [1.54, 1.807) is 110 Å². The Morgan fingerprint density at radius 1 is 0.476 bits per heavy atom. The lowest BCUT2D eigenvalue weighted by atomic mass is 9.97. The van der Waals surface area contributed by atoms with E-state index in [2.05, 4.69) is 57.9 Å². The van der Waals surface area contributed by atoms with E-state index in [1.807, 2.05) is 113 Å². The number of hydrogen-bond acceptors (Lipinski definition) is 14. The number of aliphatic carboxylic acids is 1. The number of fused-ring (bicyclic) bond motifs is 3. The molecule has 0 fully saturated rings. The molecule has 8 aromatic carbocycles. The minimum atomic E-state index is -3.81. The number of carbonyl (C=O) groups is 3. The van der Waals surface area contributed by atoms with E-state index in [4.69, 9.17) is 10.8 Å². The van der Waals surface area contributed by atoms with E-state index in [-0.39, 0.29) is 81.4 Å². The van der Waals surface area contributed by atoms with Crippen molar-refractivity contribution in [3.05, 3.63) is 256 Å². The largest absolute Gasteiger partial charge is 0.481 e. The molecular formula is C80H95F3N12O8S2. The van der Waals surface area contributed by atoms with Crippen LogP contribution in [0.1, 0.15) is 102 Å². The highest BCUT2D eigenvalue weighted by Gasteiger charge is 2.25. The van der Waals surface area contributed by atoms with Crippen molar-refractivity contribution in [2.45, 2.75) is 119 Å². The molecule has 3 aromatic heterocycles. The maximum Gasteiger partial charge on any atom is 0.303 e. The van der Waals surface area contributed by atoms with Gasteiger partial charge >= 0.3 is 5.97 Å². The molecule has 0 spiro atoms. The molecule has 6 atom stereocenters. The molecule has 0 bridgehead atoms. The van der Waals surface area contributed by atoms with Gasteiger partial charge in [-0.15, -0.1) is 0 Å². The van der Waals surface area contributed by atoms with Gasteiger partial charge in [0.25, 0.3) is 20.0 Å². The second-order valence-electron chi connectivity index (χ2n) is 27.4. The summed E-state index contributed by atoms with van der Waals surface area (Å²) in [5.41, 5.74) is 16.0. The summed E-state index contributed by atoms with van der Waals surface area (Å²) >= 11 is 0. The van der Waals surface area contributed by atoms with Crippen molar-refractivity contribution >= 4 is 70.5 Å².